The fraction of sp³-hybridized carbons (Fsp3) is 0.312. The largest absolute Gasteiger partial charge is 0.492 e. The number of halogens is 1. The maximum atomic E-state index is 5.85. The van der Waals surface area contributed by atoms with Gasteiger partial charge in [-0.15, -0.1) is 10.2 Å². The van der Waals surface area contributed by atoms with Crippen LogP contribution in [-0.2, 0) is 6.42 Å². The van der Waals surface area contributed by atoms with Crippen LogP contribution in [0.15, 0.2) is 35.2 Å². The molecular formula is C16H16BrN5O. The first-order valence-corrected chi connectivity index (χ1v) is 8.34. The van der Waals surface area contributed by atoms with Crippen LogP contribution in [0.4, 0.5) is 0 Å². The SMILES string of the molecule is CC(C)n1cnnc1-n1cc2c(n1)-c1ccc(Br)cc1OCC2. The van der Waals surface area contributed by atoms with Crippen LogP contribution in [-0.4, -0.2) is 31.2 Å². The standard InChI is InChI=1S/C16H16BrN5O/c1-10(2)21-9-18-19-16(21)22-8-11-5-6-23-14-7-12(17)3-4-13(14)15(11)20-22/h3-4,7-10H,5-6H2,1-2H3. The van der Waals surface area contributed by atoms with E-state index < -0.39 is 0 Å². The van der Waals surface area contributed by atoms with Crippen molar-refractivity contribution in [1.29, 1.82) is 0 Å². The third-order valence-corrected chi connectivity index (χ3v) is 4.43. The molecule has 0 unspecified atom stereocenters. The molecule has 3 aromatic rings. The Morgan fingerprint density at radius 1 is 1.30 bits per heavy atom. The minimum absolute atomic E-state index is 0.274. The topological polar surface area (TPSA) is 57.8 Å². The van der Waals surface area contributed by atoms with Gasteiger partial charge in [-0.1, -0.05) is 15.9 Å². The summed E-state index contributed by atoms with van der Waals surface area (Å²) in [5.74, 6) is 1.58. The van der Waals surface area contributed by atoms with Crippen molar-refractivity contribution < 1.29 is 4.74 Å². The van der Waals surface area contributed by atoms with Gasteiger partial charge in [0, 0.05) is 34.3 Å². The first kappa shape index (κ1) is 14.4. The molecule has 7 heteroatoms. The minimum atomic E-state index is 0.274. The fourth-order valence-electron chi connectivity index (χ4n) is 2.77. The van der Waals surface area contributed by atoms with E-state index in [-0.39, 0.29) is 6.04 Å². The molecule has 6 nitrogen and oxygen atoms in total. The zero-order chi connectivity index (χ0) is 16.0. The Hall–Kier alpha value is -2.15. The highest BCUT2D eigenvalue weighted by Crippen LogP contribution is 2.36. The first-order valence-electron chi connectivity index (χ1n) is 7.54. The van der Waals surface area contributed by atoms with Gasteiger partial charge in [-0.2, -0.15) is 5.10 Å². The molecule has 1 aromatic carbocycles. The van der Waals surface area contributed by atoms with E-state index in [2.05, 4.69) is 40.0 Å². The molecule has 0 bridgehead atoms. The van der Waals surface area contributed by atoms with Crippen molar-refractivity contribution in [2.75, 3.05) is 6.61 Å². The molecule has 0 aliphatic carbocycles. The van der Waals surface area contributed by atoms with Gasteiger partial charge in [-0.25, -0.2) is 4.68 Å². The van der Waals surface area contributed by atoms with Crippen molar-refractivity contribution in [1.82, 2.24) is 24.5 Å². The van der Waals surface area contributed by atoms with Crippen LogP contribution in [0.5, 0.6) is 5.75 Å². The molecule has 118 valence electrons. The molecule has 0 fully saturated rings. The second kappa shape index (κ2) is 5.49. The van der Waals surface area contributed by atoms with E-state index in [0.29, 0.717) is 6.61 Å². The van der Waals surface area contributed by atoms with Crippen LogP contribution >= 0.6 is 15.9 Å². The maximum absolute atomic E-state index is 5.85. The Balaban J connectivity index is 1.86. The molecule has 0 saturated heterocycles. The van der Waals surface area contributed by atoms with E-state index in [0.717, 1.165) is 39.4 Å². The van der Waals surface area contributed by atoms with Gasteiger partial charge < -0.3 is 4.74 Å². The third-order valence-electron chi connectivity index (χ3n) is 3.93. The number of aromatic nitrogens is 5. The molecule has 1 aliphatic heterocycles. The van der Waals surface area contributed by atoms with Gasteiger partial charge >= 0.3 is 0 Å². The molecule has 0 N–H and O–H groups in total. The summed E-state index contributed by atoms with van der Waals surface area (Å²) < 4.78 is 10.7. The zero-order valence-electron chi connectivity index (χ0n) is 12.9. The quantitative estimate of drug-likeness (QED) is 0.690. The van der Waals surface area contributed by atoms with Crippen LogP contribution < -0.4 is 4.74 Å². The Morgan fingerprint density at radius 3 is 3.00 bits per heavy atom. The molecule has 23 heavy (non-hydrogen) atoms. The van der Waals surface area contributed by atoms with Crippen molar-refractivity contribution in [2.45, 2.75) is 26.3 Å². The number of nitrogens with zero attached hydrogens (tertiary/aromatic N) is 5. The predicted molar refractivity (Wildman–Crippen MR) is 89.9 cm³/mol. The van der Waals surface area contributed by atoms with Crippen molar-refractivity contribution in [3.63, 3.8) is 0 Å². The first-order chi connectivity index (χ1) is 11.1. The highest BCUT2D eigenvalue weighted by molar-refractivity contribution is 9.10. The lowest BCUT2D eigenvalue weighted by Crippen LogP contribution is -2.09. The number of rotatable bonds is 2. The van der Waals surface area contributed by atoms with E-state index in [1.54, 1.807) is 6.33 Å². The summed E-state index contributed by atoms with van der Waals surface area (Å²) in [7, 11) is 0. The van der Waals surface area contributed by atoms with E-state index in [1.165, 1.54) is 0 Å². The number of ether oxygens (including phenoxy) is 1. The molecular weight excluding hydrogens is 358 g/mol. The molecule has 0 spiro atoms. The molecule has 1 aliphatic rings. The normalized spacial score (nSPS) is 13.4. The van der Waals surface area contributed by atoms with Gasteiger partial charge in [-0.3, -0.25) is 4.57 Å². The van der Waals surface area contributed by atoms with Crippen molar-refractivity contribution in [3.05, 3.63) is 40.8 Å². The van der Waals surface area contributed by atoms with Crippen molar-refractivity contribution >= 4 is 15.9 Å². The van der Waals surface area contributed by atoms with Crippen LogP contribution in [0.2, 0.25) is 0 Å². The Morgan fingerprint density at radius 2 is 2.17 bits per heavy atom. The predicted octanol–water partition coefficient (Wildman–Crippen LogP) is 3.41. The summed E-state index contributed by atoms with van der Waals surface area (Å²) in [5.41, 5.74) is 3.11. The smallest absolute Gasteiger partial charge is 0.252 e. The molecule has 0 radical (unpaired) electrons. The van der Waals surface area contributed by atoms with Gasteiger partial charge in [0.1, 0.15) is 12.1 Å². The number of fused-ring (bicyclic) bond motifs is 3. The number of hydrogen-bond donors (Lipinski definition) is 0. The number of hydrogen-bond acceptors (Lipinski definition) is 4. The van der Waals surface area contributed by atoms with Gasteiger partial charge in [0.15, 0.2) is 0 Å². The maximum Gasteiger partial charge on any atom is 0.252 e. The van der Waals surface area contributed by atoms with E-state index in [4.69, 9.17) is 9.84 Å². The molecule has 0 amide bonds. The van der Waals surface area contributed by atoms with Crippen molar-refractivity contribution in [3.8, 4) is 23.0 Å². The molecule has 3 heterocycles. The minimum Gasteiger partial charge on any atom is -0.492 e. The van der Waals surface area contributed by atoms with Gasteiger partial charge in [0.25, 0.3) is 5.95 Å². The second-order valence-electron chi connectivity index (χ2n) is 5.82. The van der Waals surface area contributed by atoms with Crippen LogP contribution in [0.25, 0.3) is 17.2 Å². The average molecular weight is 374 g/mol. The summed E-state index contributed by atoms with van der Waals surface area (Å²) in [6, 6.07) is 6.30. The highest BCUT2D eigenvalue weighted by Gasteiger charge is 2.21. The van der Waals surface area contributed by atoms with Gasteiger partial charge in [0.05, 0.1) is 12.3 Å². The van der Waals surface area contributed by atoms with Gasteiger partial charge in [-0.05, 0) is 32.0 Å². The van der Waals surface area contributed by atoms with E-state index in [9.17, 15) is 0 Å². The van der Waals surface area contributed by atoms with E-state index >= 15 is 0 Å². The molecule has 0 saturated carbocycles. The third kappa shape index (κ3) is 2.45. The van der Waals surface area contributed by atoms with Gasteiger partial charge in [0.2, 0.25) is 0 Å². The number of benzene rings is 1. The van der Waals surface area contributed by atoms with Crippen LogP contribution in [0, 0.1) is 0 Å². The monoisotopic (exact) mass is 373 g/mol. The zero-order valence-corrected chi connectivity index (χ0v) is 14.5. The second-order valence-corrected chi connectivity index (χ2v) is 6.73. The summed E-state index contributed by atoms with van der Waals surface area (Å²) in [5, 5.41) is 13.0. The summed E-state index contributed by atoms with van der Waals surface area (Å²) in [6.45, 7) is 4.84. The van der Waals surface area contributed by atoms with E-state index in [1.807, 2.05) is 33.6 Å². The molecule has 0 atom stereocenters. The van der Waals surface area contributed by atoms with Crippen LogP contribution in [0.1, 0.15) is 25.5 Å². The lowest BCUT2D eigenvalue weighted by atomic mass is 10.1. The van der Waals surface area contributed by atoms with Crippen molar-refractivity contribution in [2.24, 2.45) is 0 Å². The lowest BCUT2D eigenvalue weighted by Gasteiger charge is -2.10. The Kier molecular flexibility index (Phi) is 3.45. The summed E-state index contributed by atoms with van der Waals surface area (Å²) in [4.78, 5) is 0. The summed E-state index contributed by atoms with van der Waals surface area (Å²) >= 11 is 3.49. The van der Waals surface area contributed by atoms with Crippen LogP contribution in [0.3, 0.4) is 0 Å². The molecule has 2 aromatic heterocycles. The highest BCUT2D eigenvalue weighted by atomic mass is 79.9. The lowest BCUT2D eigenvalue weighted by molar-refractivity contribution is 0.326. The fourth-order valence-corrected chi connectivity index (χ4v) is 3.11. The Labute approximate surface area is 142 Å². The summed E-state index contributed by atoms with van der Waals surface area (Å²) in [6.07, 6.45) is 4.58. The average Bonchev–Trinajstić information content (AvgIpc) is 3.11. The Bertz CT molecular complexity index is 867. The molecule has 4 rings (SSSR count).